The van der Waals surface area contributed by atoms with E-state index in [9.17, 15) is 0 Å². The van der Waals surface area contributed by atoms with Gasteiger partial charge in [-0.3, -0.25) is 4.57 Å². The highest BCUT2D eigenvalue weighted by Gasteiger charge is 2.22. The number of aryl methyl sites for hydroxylation is 2. The Morgan fingerprint density at radius 2 is 2.07 bits per heavy atom. The average Bonchev–Trinajstić information content (AvgIpc) is 3.49. The molecule has 156 valence electrons. The van der Waals surface area contributed by atoms with Gasteiger partial charge in [-0.25, -0.2) is 0 Å². The maximum Gasteiger partial charge on any atom is 0.239 e. The van der Waals surface area contributed by atoms with Gasteiger partial charge >= 0.3 is 0 Å². The molecular formula is C22H25N5O2S. The fraction of sp³-hybridized carbons (Fsp3) is 0.364. The quantitative estimate of drug-likeness (QED) is 0.330. The fourth-order valence-electron chi connectivity index (χ4n) is 3.15. The summed E-state index contributed by atoms with van der Waals surface area (Å²) in [5.74, 6) is 3.02. The van der Waals surface area contributed by atoms with Gasteiger partial charge in [0, 0.05) is 12.0 Å². The Kier molecular flexibility index (Phi) is 6.32. The second-order valence-corrected chi connectivity index (χ2v) is 8.56. The van der Waals surface area contributed by atoms with E-state index in [1.54, 1.807) is 18.0 Å². The van der Waals surface area contributed by atoms with E-state index in [-0.39, 0.29) is 5.25 Å². The fourth-order valence-corrected chi connectivity index (χ4v) is 4.03. The first-order valence-electron chi connectivity index (χ1n) is 10.2. The summed E-state index contributed by atoms with van der Waals surface area (Å²) in [6, 6.07) is 12.1. The maximum atomic E-state index is 5.58. The minimum Gasteiger partial charge on any atom is -0.467 e. The zero-order valence-electron chi connectivity index (χ0n) is 17.4. The molecule has 7 nitrogen and oxygen atoms in total. The van der Waals surface area contributed by atoms with Crippen LogP contribution in [0.5, 0.6) is 0 Å². The van der Waals surface area contributed by atoms with Crippen molar-refractivity contribution in [3.05, 3.63) is 65.7 Å². The third-order valence-electron chi connectivity index (χ3n) is 4.75. The molecule has 4 rings (SSSR count). The maximum absolute atomic E-state index is 5.58. The molecule has 0 N–H and O–H groups in total. The highest BCUT2D eigenvalue weighted by atomic mass is 32.2. The number of thioether (sulfide) groups is 1. The molecule has 0 saturated heterocycles. The molecule has 0 aliphatic rings. The van der Waals surface area contributed by atoms with Crippen LogP contribution in [0.1, 0.15) is 55.0 Å². The van der Waals surface area contributed by atoms with Gasteiger partial charge in [0.05, 0.1) is 18.1 Å². The molecule has 0 aliphatic heterocycles. The Bertz CT molecular complexity index is 1090. The second kappa shape index (κ2) is 9.30. The highest BCUT2D eigenvalue weighted by Crippen LogP contribution is 2.35. The van der Waals surface area contributed by atoms with Gasteiger partial charge in [0.2, 0.25) is 5.89 Å². The molecule has 3 heterocycles. The van der Waals surface area contributed by atoms with Crippen LogP contribution in [0.2, 0.25) is 0 Å². The van der Waals surface area contributed by atoms with Gasteiger partial charge in [0.1, 0.15) is 5.76 Å². The zero-order chi connectivity index (χ0) is 20.9. The first-order valence-corrected chi connectivity index (χ1v) is 11.0. The van der Waals surface area contributed by atoms with Gasteiger partial charge in [-0.15, -0.1) is 10.2 Å². The number of hydrogen-bond donors (Lipinski definition) is 0. The van der Waals surface area contributed by atoms with Crippen LogP contribution in [0.4, 0.5) is 0 Å². The molecule has 4 aromatic rings. The standard InChI is InChI=1S/C22H25N5O2S/c1-4-5-11-19-23-21(29-26-19)16(3)30-22-25-24-20(17-9-6-8-15(2)13-17)27(22)14-18-10-7-12-28-18/h6-10,12-13,16H,4-5,11,14H2,1-3H3. The molecule has 1 aromatic carbocycles. The van der Waals surface area contributed by atoms with Crippen LogP contribution >= 0.6 is 11.8 Å². The molecular weight excluding hydrogens is 398 g/mol. The third kappa shape index (κ3) is 4.64. The molecule has 1 unspecified atom stereocenters. The molecule has 0 spiro atoms. The average molecular weight is 424 g/mol. The monoisotopic (exact) mass is 423 g/mol. The van der Waals surface area contributed by atoms with Crippen molar-refractivity contribution in [2.24, 2.45) is 0 Å². The van der Waals surface area contributed by atoms with E-state index < -0.39 is 0 Å². The van der Waals surface area contributed by atoms with E-state index in [1.807, 2.05) is 31.2 Å². The Hall–Kier alpha value is -2.87. The Balaban J connectivity index is 1.61. The van der Waals surface area contributed by atoms with Crippen molar-refractivity contribution < 1.29 is 8.94 Å². The first kappa shape index (κ1) is 20.4. The van der Waals surface area contributed by atoms with Crippen molar-refractivity contribution in [1.29, 1.82) is 0 Å². The van der Waals surface area contributed by atoms with Gasteiger partial charge in [-0.05, 0) is 38.5 Å². The Labute approximate surface area is 179 Å². The van der Waals surface area contributed by atoms with Crippen LogP contribution in [-0.2, 0) is 13.0 Å². The lowest BCUT2D eigenvalue weighted by atomic mass is 10.1. The second-order valence-electron chi connectivity index (χ2n) is 7.25. The summed E-state index contributed by atoms with van der Waals surface area (Å²) in [4.78, 5) is 4.55. The van der Waals surface area contributed by atoms with Crippen LogP contribution in [0.3, 0.4) is 0 Å². The summed E-state index contributed by atoms with van der Waals surface area (Å²) in [5.41, 5.74) is 2.20. The van der Waals surface area contributed by atoms with Gasteiger partial charge in [-0.1, -0.05) is 54.0 Å². The number of furan rings is 1. The first-order chi connectivity index (χ1) is 14.6. The summed E-state index contributed by atoms with van der Waals surface area (Å²) in [6.45, 7) is 6.81. The summed E-state index contributed by atoms with van der Waals surface area (Å²) in [6.07, 6.45) is 4.67. The lowest BCUT2D eigenvalue weighted by molar-refractivity contribution is 0.374. The minimum atomic E-state index is -0.0437. The van der Waals surface area contributed by atoms with Gasteiger partial charge in [-0.2, -0.15) is 4.98 Å². The number of hydrogen-bond acceptors (Lipinski definition) is 7. The van der Waals surface area contributed by atoms with Crippen LogP contribution in [0.25, 0.3) is 11.4 Å². The summed E-state index contributed by atoms with van der Waals surface area (Å²) >= 11 is 1.55. The smallest absolute Gasteiger partial charge is 0.239 e. The molecule has 1 atom stereocenters. The summed E-state index contributed by atoms with van der Waals surface area (Å²) < 4.78 is 13.1. The number of rotatable bonds is 9. The van der Waals surface area contributed by atoms with E-state index >= 15 is 0 Å². The van der Waals surface area contributed by atoms with Gasteiger partial charge in [0.15, 0.2) is 16.8 Å². The van der Waals surface area contributed by atoms with Crippen molar-refractivity contribution in [3.63, 3.8) is 0 Å². The summed E-state index contributed by atoms with van der Waals surface area (Å²) in [7, 11) is 0. The number of nitrogens with zero attached hydrogens (tertiary/aromatic N) is 5. The predicted octanol–water partition coefficient (Wildman–Crippen LogP) is 5.47. The van der Waals surface area contributed by atoms with Crippen molar-refractivity contribution in [2.75, 3.05) is 0 Å². The van der Waals surface area contributed by atoms with E-state index in [0.717, 1.165) is 47.4 Å². The van der Waals surface area contributed by atoms with Crippen LogP contribution < -0.4 is 0 Å². The predicted molar refractivity (Wildman–Crippen MR) is 115 cm³/mol. The molecule has 0 fully saturated rings. The highest BCUT2D eigenvalue weighted by molar-refractivity contribution is 7.99. The van der Waals surface area contributed by atoms with Crippen molar-refractivity contribution in [3.8, 4) is 11.4 Å². The number of aromatic nitrogens is 5. The molecule has 3 aromatic heterocycles. The number of benzene rings is 1. The van der Waals surface area contributed by atoms with Crippen molar-refractivity contribution in [2.45, 2.75) is 57.0 Å². The zero-order valence-corrected chi connectivity index (χ0v) is 18.2. The van der Waals surface area contributed by atoms with Gasteiger partial charge in [0.25, 0.3) is 0 Å². The topological polar surface area (TPSA) is 82.8 Å². The number of unbranched alkanes of at least 4 members (excludes halogenated alkanes) is 1. The molecule has 0 radical (unpaired) electrons. The van der Waals surface area contributed by atoms with Crippen molar-refractivity contribution in [1.82, 2.24) is 24.9 Å². The van der Waals surface area contributed by atoms with Crippen molar-refractivity contribution >= 4 is 11.8 Å². The minimum absolute atomic E-state index is 0.0437. The van der Waals surface area contributed by atoms with E-state index in [4.69, 9.17) is 8.94 Å². The van der Waals surface area contributed by atoms with E-state index in [2.05, 4.69) is 50.9 Å². The Morgan fingerprint density at radius 3 is 2.83 bits per heavy atom. The lowest BCUT2D eigenvalue weighted by Gasteiger charge is -2.11. The molecule has 0 amide bonds. The van der Waals surface area contributed by atoms with Gasteiger partial charge < -0.3 is 8.94 Å². The Morgan fingerprint density at radius 1 is 1.17 bits per heavy atom. The largest absolute Gasteiger partial charge is 0.467 e. The van der Waals surface area contributed by atoms with Crippen LogP contribution in [0.15, 0.2) is 56.8 Å². The molecule has 8 heteroatoms. The lowest BCUT2D eigenvalue weighted by Crippen LogP contribution is -2.04. The van der Waals surface area contributed by atoms with Crippen LogP contribution in [0, 0.1) is 6.92 Å². The van der Waals surface area contributed by atoms with E-state index in [0.29, 0.717) is 12.4 Å². The molecule has 0 saturated carbocycles. The molecule has 0 aliphatic carbocycles. The normalized spacial score (nSPS) is 12.4. The third-order valence-corrected chi connectivity index (χ3v) is 5.82. The van der Waals surface area contributed by atoms with Crippen LogP contribution in [-0.4, -0.2) is 24.9 Å². The summed E-state index contributed by atoms with van der Waals surface area (Å²) in [5, 5.41) is 13.8. The molecule has 0 bridgehead atoms. The molecule has 30 heavy (non-hydrogen) atoms. The SMILES string of the molecule is CCCCc1noc(C(C)Sc2nnc(-c3cccc(C)c3)n2Cc2ccco2)n1. The van der Waals surface area contributed by atoms with E-state index in [1.165, 1.54) is 5.56 Å².